The summed E-state index contributed by atoms with van der Waals surface area (Å²) in [4.78, 5) is 26.3. The minimum atomic E-state index is -0.116. The Morgan fingerprint density at radius 3 is 2.64 bits per heavy atom. The van der Waals surface area contributed by atoms with Crippen LogP contribution >= 0.6 is 12.4 Å². The predicted octanol–water partition coefficient (Wildman–Crippen LogP) is 2.52. The monoisotopic (exact) mass is 369 g/mol. The molecule has 0 saturated heterocycles. The highest BCUT2D eigenvalue weighted by atomic mass is 35.5. The Labute approximate surface area is 155 Å². The summed E-state index contributed by atoms with van der Waals surface area (Å²) in [7, 11) is 3.39. The number of carbonyl (C=O) groups is 2. The first-order chi connectivity index (χ1) is 11.5. The van der Waals surface area contributed by atoms with E-state index < -0.39 is 0 Å². The smallest absolute Gasteiger partial charge is 0.253 e. The highest BCUT2D eigenvalue weighted by molar-refractivity contribution is 5.99. The second-order valence-corrected chi connectivity index (χ2v) is 6.37. The highest BCUT2D eigenvalue weighted by Crippen LogP contribution is 2.33. The van der Waals surface area contributed by atoms with Crippen LogP contribution in [0.3, 0.4) is 0 Å². The van der Waals surface area contributed by atoms with Gasteiger partial charge in [-0.25, -0.2) is 0 Å². The van der Waals surface area contributed by atoms with Crippen molar-refractivity contribution >= 4 is 29.9 Å². The van der Waals surface area contributed by atoms with E-state index in [4.69, 9.17) is 10.5 Å². The van der Waals surface area contributed by atoms with Crippen LogP contribution in [0, 0.1) is 11.8 Å². The van der Waals surface area contributed by atoms with Crippen LogP contribution < -0.4 is 15.8 Å². The Balaban J connectivity index is 0.00000312. The molecule has 0 unspecified atom stereocenters. The Kier molecular flexibility index (Phi) is 8.19. The van der Waals surface area contributed by atoms with Gasteiger partial charge in [-0.2, -0.15) is 0 Å². The van der Waals surface area contributed by atoms with Crippen molar-refractivity contribution in [2.75, 3.05) is 32.6 Å². The molecule has 1 aliphatic rings. The second kappa shape index (κ2) is 9.63. The molecule has 1 saturated carbocycles. The largest absolute Gasteiger partial charge is 0.492 e. The fourth-order valence-corrected chi connectivity index (χ4v) is 3.19. The molecule has 0 bridgehead atoms. The van der Waals surface area contributed by atoms with Gasteiger partial charge in [-0.1, -0.05) is 6.42 Å². The van der Waals surface area contributed by atoms with Crippen LogP contribution in [0.1, 0.15) is 36.5 Å². The average Bonchev–Trinajstić information content (AvgIpc) is 3.04. The zero-order chi connectivity index (χ0) is 17.7. The van der Waals surface area contributed by atoms with Crippen molar-refractivity contribution in [1.82, 2.24) is 4.90 Å². The molecule has 0 aliphatic heterocycles. The summed E-state index contributed by atoms with van der Waals surface area (Å²) >= 11 is 0. The number of halogens is 1. The molecule has 1 aromatic carbocycles. The van der Waals surface area contributed by atoms with Gasteiger partial charge in [0.15, 0.2) is 0 Å². The van der Waals surface area contributed by atoms with Gasteiger partial charge < -0.3 is 20.7 Å². The fourth-order valence-electron chi connectivity index (χ4n) is 3.19. The second-order valence-electron chi connectivity index (χ2n) is 6.37. The van der Waals surface area contributed by atoms with E-state index >= 15 is 0 Å². The molecule has 140 valence electrons. The van der Waals surface area contributed by atoms with E-state index in [1.54, 1.807) is 32.3 Å². The molecule has 7 heteroatoms. The van der Waals surface area contributed by atoms with Crippen LogP contribution in [-0.2, 0) is 4.79 Å². The summed E-state index contributed by atoms with van der Waals surface area (Å²) in [5.41, 5.74) is 6.83. The van der Waals surface area contributed by atoms with Crippen LogP contribution in [0.15, 0.2) is 18.2 Å². The SMILES string of the molecule is CCOc1ccc(C(=O)N(C)C)cc1NC(=O)[C@@H]1CCC[C@@H]1CN.Cl. The van der Waals surface area contributed by atoms with Crippen LogP contribution in [0.25, 0.3) is 0 Å². The third-order valence-electron chi connectivity index (χ3n) is 4.49. The minimum Gasteiger partial charge on any atom is -0.492 e. The van der Waals surface area contributed by atoms with Crippen molar-refractivity contribution < 1.29 is 14.3 Å². The Morgan fingerprint density at radius 2 is 2.04 bits per heavy atom. The molecular weight excluding hydrogens is 342 g/mol. The molecule has 2 amide bonds. The zero-order valence-electron chi connectivity index (χ0n) is 15.1. The van der Waals surface area contributed by atoms with Crippen LogP contribution in [0.5, 0.6) is 5.75 Å². The standard InChI is InChI=1S/C18H27N3O3.ClH/c1-4-24-16-9-8-12(18(23)21(2)3)10-15(16)20-17(22)14-7-5-6-13(14)11-19;/h8-10,13-14H,4-7,11,19H2,1-3H3,(H,20,22);1H/t13-,14-;/m1./s1. The molecule has 2 rings (SSSR count). The lowest BCUT2D eigenvalue weighted by Gasteiger charge is -2.19. The molecule has 2 atom stereocenters. The molecule has 6 nitrogen and oxygen atoms in total. The Hall–Kier alpha value is -1.79. The number of anilines is 1. The van der Waals surface area contributed by atoms with Crippen molar-refractivity contribution in [3.63, 3.8) is 0 Å². The highest BCUT2D eigenvalue weighted by Gasteiger charge is 2.32. The number of nitrogens with one attached hydrogen (secondary N) is 1. The van der Waals surface area contributed by atoms with Gasteiger partial charge in [0.2, 0.25) is 5.91 Å². The van der Waals surface area contributed by atoms with E-state index in [0.29, 0.717) is 30.2 Å². The molecule has 0 aromatic heterocycles. The number of benzene rings is 1. The first kappa shape index (κ1) is 21.3. The number of rotatable bonds is 6. The summed E-state index contributed by atoms with van der Waals surface area (Å²) in [6, 6.07) is 5.11. The number of nitrogens with two attached hydrogens (primary N) is 1. The van der Waals surface area contributed by atoms with Gasteiger partial charge >= 0.3 is 0 Å². The molecule has 25 heavy (non-hydrogen) atoms. The van der Waals surface area contributed by atoms with Crippen LogP contribution in [-0.4, -0.2) is 44.0 Å². The lowest BCUT2D eigenvalue weighted by molar-refractivity contribution is -0.120. The Bertz CT molecular complexity index is 607. The van der Waals surface area contributed by atoms with Gasteiger partial charge in [-0.3, -0.25) is 9.59 Å². The van der Waals surface area contributed by atoms with Gasteiger partial charge in [0.25, 0.3) is 5.91 Å². The van der Waals surface area contributed by atoms with Gasteiger partial charge in [0.1, 0.15) is 5.75 Å². The summed E-state index contributed by atoms with van der Waals surface area (Å²) in [6.07, 6.45) is 2.87. The summed E-state index contributed by atoms with van der Waals surface area (Å²) < 4.78 is 5.58. The molecule has 1 fully saturated rings. The van der Waals surface area contributed by atoms with Crippen molar-refractivity contribution in [3.05, 3.63) is 23.8 Å². The summed E-state index contributed by atoms with van der Waals surface area (Å²) in [6.45, 7) is 2.89. The lowest BCUT2D eigenvalue weighted by atomic mass is 9.95. The van der Waals surface area contributed by atoms with E-state index in [0.717, 1.165) is 19.3 Å². The summed E-state index contributed by atoms with van der Waals surface area (Å²) in [5, 5.41) is 2.95. The zero-order valence-corrected chi connectivity index (χ0v) is 15.9. The molecule has 0 heterocycles. The van der Waals surface area contributed by atoms with Crippen LogP contribution in [0.2, 0.25) is 0 Å². The lowest BCUT2D eigenvalue weighted by Crippen LogP contribution is -2.30. The number of carbonyl (C=O) groups excluding carboxylic acids is 2. The van der Waals surface area contributed by atoms with Crippen molar-refractivity contribution in [2.24, 2.45) is 17.6 Å². The quantitative estimate of drug-likeness (QED) is 0.806. The van der Waals surface area contributed by atoms with Gasteiger partial charge in [0.05, 0.1) is 12.3 Å². The predicted molar refractivity (Wildman–Crippen MR) is 101 cm³/mol. The van der Waals surface area contributed by atoms with E-state index in [1.807, 2.05) is 6.92 Å². The van der Waals surface area contributed by atoms with Gasteiger partial charge in [0, 0.05) is 25.6 Å². The topological polar surface area (TPSA) is 84.7 Å². The first-order valence-corrected chi connectivity index (χ1v) is 8.47. The van der Waals surface area contributed by atoms with E-state index in [-0.39, 0.29) is 36.1 Å². The van der Waals surface area contributed by atoms with Gasteiger partial charge in [-0.05, 0) is 50.4 Å². The van der Waals surface area contributed by atoms with Gasteiger partial charge in [-0.15, -0.1) is 12.4 Å². The minimum absolute atomic E-state index is 0. The molecule has 0 spiro atoms. The first-order valence-electron chi connectivity index (χ1n) is 8.47. The molecule has 3 N–H and O–H groups in total. The number of amides is 2. The number of hydrogen-bond acceptors (Lipinski definition) is 4. The fraction of sp³-hybridized carbons (Fsp3) is 0.556. The third-order valence-corrected chi connectivity index (χ3v) is 4.49. The maximum Gasteiger partial charge on any atom is 0.253 e. The maximum absolute atomic E-state index is 12.6. The molecule has 0 radical (unpaired) electrons. The van der Waals surface area contributed by atoms with E-state index in [9.17, 15) is 9.59 Å². The maximum atomic E-state index is 12.6. The normalized spacial score (nSPS) is 19.0. The number of nitrogens with zero attached hydrogens (tertiary/aromatic N) is 1. The van der Waals surface area contributed by atoms with Crippen molar-refractivity contribution in [2.45, 2.75) is 26.2 Å². The number of ether oxygens (including phenoxy) is 1. The average molecular weight is 370 g/mol. The van der Waals surface area contributed by atoms with Crippen molar-refractivity contribution in [1.29, 1.82) is 0 Å². The summed E-state index contributed by atoms with van der Waals surface area (Å²) in [5.74, 6) is 0.570. The molecule has 1 aliphatic carbocycles. The third kappa shape index (κ3) is 5.09. The molecular formula is C18H28ClN3O3. The van der Waals surface area contributed by atoms with E-state index in [1.165, 1.54) is 4.90 Å². The van der Waals surface area contributed by atoms with Crippen molar-refractivity contribution in [3.8, 4) is 5.75 Å². The number of hydrogen-bond donors (Lipinski definition) is 2. The Morgan fingerprint density at radius 1 is 1.32 bits per heavy atom. The van der Waals surface area contributed by atoms with E-state index in [2.05, 4.69) is 5.32 Å². The van der Waals surface area contributed by atoms with Crippen LogP contribution in [0.4, 0.5) is 5.69 Å². The molecule has 1 aromatic rings.